The fourth-order valence-electron chi connectivity index (χ4n) is 4.45. The highest BCUT2D eigenvalue weighted by Gasteiger charge is 2.18. The molecule has 3 aromatic carbocycles. The molecule has 0 spiro atoms. The van der Waals surface area contributed by atoms with Crippen LogP contribution in [-0.2, 0) is 11.3 Å². The van der Waals surface area contributed by atoms with Gasteiger partial charge >= 0.3 is 5.97 Å². The van der Waals surface area contributed by atoms with Crippen molar-refractivity contribution < 1.29 is 14.3 Å². The molecule has 2 heterocycles. The number of fused-ring (bicyclic) bond motifs is 1. The van der Waals surface area contributed by atoms with E-state index < -0.39 is 11.5 Å². The van der Waals surface area contributed by atoms with Gasteiger partial charge in [-0.15, -0.1) is 0 Å². The van der Waals surface area contributed by atoms with Gasteiger partial charge in [0.25, 0.3) is 5.91 Å². The lowest BCUT2D eigenvalue weighted by atomic mass is 10.0. The van der Waals surface area contributed by atoms with Crippen molar-refractivity contribution in [2.24, 2.45) is 5.73 Å². The van der Waals surface area contributed by atoms with Crippen LogP contribution in [0.4, 0.5) is 0 Å². The van der Waals surface area contributed by atoms with Gasteiger partial charge in [-0.05, 0) is 86.8 Å². The van der Waals surface area contributed by atoms with Crippen LogP contribution in [0, 0.1) is 6.92 Å². The molecule has 38 heavy (non-hydrogen) atoms. The SMILES string of the molecule is Cc1cc(C(N)=O)nn1-c1ccc2c(ccn2Cc2ccc(-c3ccc(C(=O)OC(C)(C)C)cc3)cc2)c1. The minimum Gasteiger partial charge on any atom is -0.456 e. The molecule has 0 radical (unpaired) electrons. The Hall–Kier alpha value is -4.65. The number of benzene rings is 3. The first kappa shape index (κ1) is 25.0. The van der Waals surface area contributed by atoms with Crippen molar-refractivity contribution in [3.05, 3.63) is 108 Å². The Bertz CT molecular complexity index is 1640. The molecule has 7 heteroatoms. The highest BCUT2D eigenvalue weighted by Crippen LogP contribution is 2.24. The molecule has 2 N–H and O–H groups in total. The Balaban J connectivity index is 1.31. The zero-order valence-electron chi connectivity index (χ0n) is 21.9. The maximum absolute atomic E-state index is 12.3. The number of hydrogen-bond donors (Lipinski definition) is 1. The number of carbonyl (C=O) groups is 2. The third-order valence-electron chi connectivity index (χ3n) is 6.30. The van der Waals surface area contributed by atoms with E-state index in [1.165, 1.54) is 5.56 Å². The number of nitrogens with zero attached hydrogens (tertiary/aromatic N) is 3. The molecular weight excluding hydrogens is 476 g/mol. The Morgan fingerprint density at radius 2 is 1.55 bits per heavy atom. The van der Waals surface area contributed by atoms with Gasteiger partial charge in [0.1, 0.15) is 5.60 Å². The summed E-state index contributed by atoms with van der Waals surface area (Å²) in [5.41, 5.74) is 11.8. The van der Waals surface area contributed by atoms with Gasteiger partial charge in [0, 0.05) is 29.3 Å². The van der Waals surface area contributed by atoms with Crippen molar-refractivity contribution in [2.45, 2.75) is 39.8 Å². The number of amides is 1. The Kier molecular flexibility index (Phi) is 6.36. The number of rotatable bonds is 6. The van der Waals surface area contributed by atoms with E-state index in [0.29, 0.717) is 5.56 Å². The predicted molar refractivity (Wildman–Crippen MR) is 148 cm³/mol. The van der Waals surface area contributed by atoms with E-state index in [-0.39, 0.29) is 11.7 Å². The van der Waals surface area contributed by atoms with Crippen molar-refractivity contribution in [2.75, 3.05) is 0 Å². The molecule has 5 aromatic rings. The summed E-state index contributed by atoms with van der Waals surface area (Å²) in [4.78, 5) is 23.8. The summed E-state index contributed by atoms with van der Waals surface area (Å²) in [5.74, 6) is -0.858. The number of nitrogens with two attached hydrogens (primary N) is 1. The van der Waals surface area contributed by atoms with Gasteiger partial charge in [-0.1, -0.05) is 36.4 Å². The second-order valence-corrected chi connectivity index (χ2v) is 10.4. The Labute approximate surface area is 221 Å². The summed E-state index contributed by atoms with van der Waals surface area (Å²) >= 11 is 0. The molecule has 192 valence electrons. The van der Waals surface area contributed by atoms with Crippen molar-refractivity contribution >= 4 is 22.8 Å². The van der Waals surface area contributed by atoms with E-state index in [1.54, 1.807) is 22.9 Å². The van der Waals surface area contributed by atoms with Crippen molar-refractivity contribution in [1.82, 2.24) is 14.3 Å². The number of esters is 1. The second-order valence-electron chi connectivity index (χ2n) is 10.4. The van der Waals surface area contributed by atoms with E-state index in [9.17, 15) is 9.59 Å². The molecule has 0 bridgehead atoms. The molecule has 1 amide bonds. The lowest BCUT2D eigenvalue weighted by molar-refractivity contribution is 0.00694. The normalized spacial score (nSPS) is 11.6. The fraction of sp³-hybridized carbons (Fsp3) is 0.194. The van der Waals surface area contributed by atoms with Crippen LogP contribution in [0.2, 0.25) is 0 Å². The van der Waals surface area contributed by atoms with Gasteiger partial charge in [0.2, 0.25) is 0 Å². The molecule has 0 saturated carbocycles. The maximum Gasteiger partial charge on any atom is 0.338 e. The Morgan fingerprint density at radius 1 is 0.895 bits per heavy atom. The van der Waals surface area contributed by atoms with E-state index >= 15 is 0 Å². The number of hydrogen-bond acceptors (Lipinski definition) is 4. The lowest BCUT2D eigenvalue weighted by Crippen LogP contribution is -2.23. The van der Waals surface area contributed by atoms with Crippen LogP contribution in [-0.4, -0.2) is 31.8 Å². The number of primary amides is 1. The second kappa shape index (κ2) is 9.67. The first-order valence-electron chi connectivity index (χ1n) is 12.5. The first-order valence-corrected chi connectivity index (χ1v) is 12.5. The molecule has 2 aromatic heterocycles. The molecule has 0 aliphatic heterocycles. The third-order valence-corrected chi connectivity index (χ3v) is 6.30. The van der Waals surface area contributed by atoms with Gasteiger partial charge in [-0.25, -0.2) is 9.48 Å². The van der Waals surface area contributed by atoms with Crippen molar-refractivity contribution in [3.63, 3.8) is 0 Å². The van der Waals surface area contributed by atoms with Gasteiger partial charge in [0.15, 0.2) is 5.69 Å². The van der Waals surface area contributed by atoms with Crippen LogP contribution >= 0.6 is 0 Å². The quantitative estimate of drug-likeness (QED) is 0.290. The van der Waals surface area contributed by atoms with Gasteiger partial charge in [-0.2, -0.15) is 5.10 Å². The highest BCUT2D eigenvalue weighted by molar-refractivity contribution is 5.91. The van der Waals surface area contributed by atoms with Crippen molar-refractivity contribution in [3.8, 4) is 16.8 Å². The Morgan fingerprint density at radius 3 is 2.16 bits per heavy atom. The van der Waals surface area contributed by atoms with Crippen LogP contribution in [0.25, 0.3) is 27.7 Å². The third kappa shape index (κ3) is 5.22. The first-order chi connectivity index (χ1) is 18.1. The van der Waals surface area contributed by atoms with Crippen LogP contribution < -0.4 is 5.73 Å². The van der Waals surface area contributed by atoms with E-state index in [1.807, 2.05) is 45.9 Å². The topological polar surface area (TPSA) is 92.1 Å². The zero-order valence-corrected chi connectivity index (χ0v) is 21.9. The monoisotopic (exact) mass is 506 g/mol. The number of ether oxygens (including phenoxy) is 1. The van der Waals surface area contributed by atoms with E-state index in [2.05, 4.69) is 58.3 Å². The molecule has 0 saturated heterocycles. The summed E-state index contributed by atoms with van der Waals surface area (Å²) in [6.07, 6.45) is 2.07. The predicted octanol–water partition coefficient (Wildman–Crippen LogP) is 5.90. The highest BCUT2D eigenvalue weighted by atomic mass is 16.6. The largest absolute Gasteiger partial charge is 0.456 e. The number of carbonyl (C=O) groups excluding carboxylic acids is 2. The van der Waals surface area contributed by atoms with Gasteiger partial charge < -0.3 is 15.0 Å². The van der Waals surface area contributed by atoms with E-state index in [4.69, 9.17) is 10.5 Å². The average Bonchev–Trinajstić information content (AvgIpc) is 3.46. The summed E-state index contributed by atoms with van der Waals surface area (Å²) in [6, 6.07) is 25.8. The van der Waals surface area contributed by atoms with Gasteiger partial charge in [0.05, 0.1) is 11.3 Å². The van der Waals surface area contributed by atoms with Crippen molar-refractivity contribution in [1.29, 1.82) is 0 Å². The number of aromatic nitrogens is 3. The summed E-state index contributed by atoms with van der Waals surface area (Å²) in [7, 11) is 0. The maximum atomic E-state index is 12.3. The molecule has 0 atom stereocenters. The molecule has 0 aliphatic rings. The van der Waals surface area contributed by atoms with Crippen LogP contribution in [0.1, 0.15) is 52.9 Å². The van der Waals surface area contributed by atoms with E-state index in [0.717, 1.165) is 40.0 Å². The van der Waals surface area contributed by atoms with Crippen LogP contribution in [0.5, 0.6) is 0 Å². The fourth-order valence-corrected chi connectivity index (χ4v) is 4.45. The molecule has 0 unspecified atom stereocenters. The molecule has 0 fully saturated rings. The molecular formula is C31H30N4O3. The molecule has 7 nitrogen and oxygen atoms in total. The number of aryl methyl sites for hydroxylation is 1. The van der Waals surface area contributed by atoms with Crippen LogP contribution in [0.15, 0.2) is 85.1 Å². The minimum absolute atomic E-state index is 0.252. The smallest absolute Gasteiger partial charge is 0.338 e. The molecule has 0 aliphatic carbocycles. The summed E-state index contributed by atoms with van der Waals surface area (Å²) in [5, 5.41) is 5.42. The molecule has 5 rings (SSSR count). The summed E-state index contributed by atoms with van der Waals surface area (Å²) in [6.45, 7) is 8.21. The van der Waals surface area contributed by atoms with Gasteiger partial charge in [-0.3, -0.25) is 4.79 Å². The van der Waals surface area contributed by atoms with Crippen LogP contribution in [0.3, 0.4) is 0 Å². The average molecular weight is 507 g/mol. The zero-order chi connectivity index (χ0) is 27.0. The lowest BCUT2D eigenvalue weighted by Gasteiger charge is -2.19. The standard InChI is InChI=1S/C31H30N4O3/c1-20-17-27(29(32)36)33-35(20)26-13-14-28-25(18-26)15-16-34(28)19-21-5-7-22(8-6-21)23-9-11-24(12-10-23)30(37)38-31(2,3)4/h5-18H,19H2,1-4H3,(H2,32,36). The summed E-state index contributed by atoms with van der Waals surface area (Å²) < 4.78 is 9.38. The minimum atomic E-state index is -0.539.